The normalized spacial score (nSPS) is 12.7. The van der Waals surface area contributed by atoms with E-state index in [-0.39, 0.29) is 11.9 Å². The van der Waals surface area contributed by atoms with Crippen LogP contribution in [0.15, 0.2) is 35.1 Å². The maximum absolute atomic E-state index is 13.4. The van der Waals surface area contributed by atoms with Crippen molar-refractivity contribution < 1.29 is 4.39 Å². The molecule has 0 amide bonds. The van der Waals surface area contributed by atoms with E-state index in [4.69, 9.17) is 5.73 Å². The molecular formula is C13H15BrFN3. The highest BCUT2D eigenvalue weighted by molar-refractivity contribution is 9.10. The Morgan fingerprint density at radius 3 is 2.94 bits per heavy atom. The maximum atomic E-state index is 13.4. The van der Waals surface area contributed by atoms with Gasteiger partial charge in [-0.05, 0) is 40.5 Å². The van der Waals surface area contributed by atoms with Gasteiger partial charge < -0.3 is 10.3 Å². The Kier molecular flexibility index (Phi) is 4.14. The van der Waals surface area contributed by atoms with Gasteiger partial charge in [-0.3, -0.25) is 0 Å². The van der Waals surface area contributed by atoms with Gasteiger partial charge in [0, 0.05) is 31.4 Å². The Labute approximate surface area is 114 Å². The fourth-order valence-electron chi connectivity index (χ4n) is 1.88. The van der Waals surface area contributed by atoms with Crippen molar-refractivity contribution in [3.8, 4) is 0 Å². The zero-order valence-electron chi connectivity index (χ0n) is 10.1. The Hall–Kier alpha value is -1.20. The first-order chi connectivity index (χ1) is 8.61. The molecule has 0 bridgehead atoms. The van der Waals surface area contributed by atoms with Gasteiger partial charge in [0.1, 0.15) is 11.6 Å². The molecule has 5 heteroatoms. The van der Waals surface area contributed by atoms with Crippen LogP contribution in [0.4, 0.5) is 4.39 Å². The third-order valence-electron chi connectivity index (χ3n) is 2.92. The van der Waals surface area contributed by atoms with Crippen LogP contribution in [0.2, 0.25) is 0 Å². The number of hydrogen-bond donors (Lipinski definition) is 1. The molecule has 0 fully saturated rings. The number of rotatable bonds is 4. The number of benzene rings is 1. The fourth-order valence-corrected chi connectivity index (χ4v) is 2.12. The summed E-state index contributed by atoms with van der Waals surface area (Å²) in [5.74, 6) is 0.634. The average Bonchev–Trinajstić information content (AvgIpc) is 2.79. The van der Waals surface area contributed by atoms with Crippen LogP contribution in [0.3, 0.4) is 0 Å². The summed E-state index contributed by atoms with van der Waals surface area (Å²) in [5.41, 5.74) is 6.87. The molecule has 0 spiro atoms. The molecular weight excluding hydrogens is 297 g/mol. The molecule has 1 atom stereocenters. The van der Waals surface area contributed by atoms with E-state index in [2.05, 4.69) is 27.8 Å². The second kappa shape index (κ2) is 5.63. The van der Waals surface area contributed by atoms with Gasteiger partial charge in [-0.25, -0.2) is 9.37 Å². The summed E-state index contributed by atoms with van der Waals surface area (Å²) in [6.07, 6.45) is 4.28. The highest BCUT2D eigenvalue weighted by atomic mass is 79.9. The molecule has 2 rings (SSSR count). The van der Waals surface area contributed by atoms with Gasteiger partial charge in [-0.15, -0.1) is 0 Å². The van der Waals surface area contributed by atoms with E-state index in [9.17, 15) is 4.39 Å². The van der Waals surface area contributed by atoms with Crippen molar-refractivity contribution in [2.24, 2.45) is 5.73 Å². The second-order valence-electron chi connectivity index (χ2n) is 4.11. The molecule has 1 heterocycles. The molecule has 0 saturated heterocycles. The molecule has 2 N–H and O–H groups in total. The van der Waals surface area contributed by atoms with Gasteiger partial charge in [0.05, 0.1) is 4.47 Å². The fraction of sp³-hybridized carbons (Fsp3) is 0.308. The summed E-state index contributed by atoms with van der Waals surface area (Å²) >= 11 is 3.13. The van der Waals surface area contributed by atoms with Crippen LogP contribution in [0.5, 0.6) is 0 Å². The lowest BCUT2D eigenvalue weighted by molar-refractivity contribution is 0.601. The largest absolute Gasteiger partial charge is 0.335 e. The predicted molar refractivity (Wildman–Crippen MR) is 72.6 cm³/mol. The number of nitrogens with zero attached hydrogens (tertiary/aromatic N) is 2. The number of aryl methyl sites for hydroxylation is 1. The van der Waals surface area contributed by atoms with E-state index in [1.807, 2.05) is 16.8 Å². The molecule has 2 aromatic rings. The summed E-state index contributed by atoms with van der Waals surface area (Å²) in [5, 5.41) is 0. The van der Waals surface area contributed by atoms with Crippen molar-refractivity contribution in [3.63, 3.8) is 0 Å². The Bertz CT molecular complexity index is 539. The highest BCUT2D eigenvalue weighted by Gasteiger charge is 2.12. The standard InChI is InChI=1S/C13H15BrFN3/c1-2-18-6-5-17-13(18)8-12(16)9-3-4-10(14)11(15)7-9/h3-7,12H,2,8,16H2,1H3. The minimum atomic E-state index is -0.290. The molecule has 0 saturated carbocycles. The minimum Gasteiger partial charge on any atom is -0.335 e. The van der Waals surface area contributed by atoms with Gasteiger partial charge in [0.25, 0.3) is 0 Å². The summed E-state index contributed by atoms with van der Waals surface area (Å²) in [6.45, 7) is 2.91. The summed E-state index contributed by atoms with van der Waals surface area (Å²) in [4.78, 5) is 4.27. The van der Waals surface area contributed by atoms with Crippen molar-refractivity contribution in [2.45, 2.75) is 25.9 Å². The Balaban J connectivity index is 2.16. The van der Waals surface area contributed by atoms with Crippen LogP contribution in [0.1, 0.15) is 24.4 Å². The Morgan fingerprint density at radius 1 is 1.50 bits per heavy atom. The SMILES string of the molecule is CCn1ccnc1CC(N)c1ccc(Br)c(F)c1. The molecule has 18 heavy (non-hydrogen) atoms. The van der Waals surface area contributed by atoms with Crippen molar-refractivity contribution in [1.29, 1.82) is 0 Å². The molecule has 96 valence electrons. The number of aromatic nitrogens is 2. The van der Waals surface area contributed by atoms with Crippen molar-refractivity contribution >= 4 is 15.9 Å². The lowest BCUT2D eigenvalue weighted by Crippen LogP contribution is -2.16. The molecule has 1 unspecified atom stereocenters. The molecule has 0 aliphatic rings. The van der Waals surface area contributed by atoms with E-state index in [0.717, 1.165) is 17.9 Å². The number of halogens is 2. The predicted octanol–water partition coefficient (Wildman–Crippen LogP) is 3.05. The van der Waals surface area contributed by atoms with Crippen LogP contribution >= 0.6 is 15.9 Å². The average molecular weight is 312 g/mol. The summed E-state index contributed by atoms with van der Waals surface area (Å²) in [6, 6.07) is 4.72. The number of hydrogen-bond acceptors (Lipinski definition) is 2. The van der Waals surface area contributed by atoms with Crippen molar-refractivity contribution in [3.05, 3.63) is 52.3 Å². The third kappa shape index (κ3) is 2.79. The smallest absolute Gasteiger partial charge is 0.137 e. The third-order valence-corrected chi connectivity index (χ3v) is 3.56. The summed E-state index contributed by atoms with van der Waals surface area (Å²) < 4.78 is 15.9. The van der Waals surface area contributed by atoms with Gasteiger partial charge in [0.2, 0.25) is 0 Å². The lowest BCUT2D eigenvalue weighted by Gasteiger charge is -2.13. The van der Waals surface area contributed by atoms with E-state index in [1.54, 1.807) is 12.3 Å². The van der Waals surface area contributed by atoms with Gasteiger partial charge in [-0.1, -0.05) is 6.07 Å². The quantitative estimate of drug-likeness (QED) is 0.943. The molecule has 1 aromatic carbocycles. The van der Waals surface area contributed by atoms with Crippen LogP contribution < -0.4 is 5.73 Å². The number of imidazole rings is 1. The van der Waals surface area contributed by atoms with Gasteiger partial charge >= 0.3 is 0 Å². The molecule has 0 radical (unpaired) electrons. The Morgan fingerprint density at radius 2 is 2.28 bits per heavy atom. The molecule has 0 aliphatic heterocycles. The zero-order valence-corrected chi connectivity index (χ0v) is 11.7. The first kappa shape index (κ1) is 13.2. The van der Waals surface area contributed by atoms with Crippen LogP contribution in [-0.2, 0) is 13.0 Å². The van der Waals surface area contributed by atoms with E-state index in [0.29, 0.717) is 10.9 Å². The number of nitrogens with two attached hydrogens (primary N) is 1. The molecule has 0 aliphatic carbocycles. The van der Waals surface area contributed by atoms with Crippen molar-refractivity contribution in [1.82, 2.24) is 9.55 Å². The highest BCUT2D eigenvalue weighted by Crippen LogP contribution is 2.21. The van der Waals surface area contributed by atoms with E-state index < -0.39 is 0 Å². The first-order valence-electron chi connectivity index (χ1n) is 5.82. The summed E-state index contributed by atoms with van der Waals surface area (Å²) in [7, 11) is 0. The molecule has 3 nitrogen and oxygen atoms in total. The van der Waals surface area contributed by atoms with Gasteiger partial charge in [-0.2, -0.15) is 0 Å². The van der Waals surface area contributed by atoms with E-state index >= 15 is 0 Å². The zero-order chi connectivity index (χ0) is 13.1. The molecule has 1 aromatic heterocycles. The van der Waals surface area contributed by atoms with Crippen LogP contribution in [-0.4, -0.2) is 9.55 Å². The minimum absolute atomic E-state index is 0.250. The maximum Gasteiger partial charge on any atom is 0.137 e. The first-order valence-corrected chi connectivity index (χ1v) is 6.61. The topological polar surface area (TPSA) is 43.8 Å². The second-order valence-corrected chi connectivity index (χ2v) is 4.97. The van der Waals surface area contributed by atoms with Crippen molar-refractivity contribution in [2.75, 3.05) is 0 Å². The van der Waals surface area contributed by atoms with Gasteiger partial charge in [0.15, 0.2) is 0 Å². The monoisotopic (exact) mass is 311 g/mol. The van der Waals surface area contributed by atoms with E-state index in [1.165, 1.54) is 6.07 Å². The van der Waals surface area contributed by atoms with Crippen LogP contribution in [0, 0.1) is 5.82 Å². The lowest BCUT2D eigenvalue weighted by atomic mass is 10.0. The van der Waals surface area contributed by atoms with Crippen LogP contribution in [0.25, 0.3) is 0 Å².